The van der Waals surface area contributed by atoms with Gasteiger partial charge in [-0.2, -0.15) is 5.26 Å². The Labute approximate surface area is 222 Å². The summed E-state index contributed by atoms with van der Waals surface area (Å²) in [6.07, 6.45) is 2.69. The van der Waals surface area contributed by atoms with Gasteiger partial charge in [0.15, 0.2) is 17.0 Å². The lowest BCUT2D eigenvalue weighted by Gasteiger charge is -2.36. The molecule has 1 aliphatic rings. The summed E-state index contributed by atoms with van der Waals surface area (Å²) in [5, 5.41) is 29.7. The smallest absolute Gasteiger partial charge is 0.289 e. The molecule has 0 amide bonds. The van der Waals surface area contributed by atoms with Crippen molar-refractivity contribution in [3.8, 4) is 11.8 Å². The number of aromatic nitrogens is 1. The van der Waals surface area contributed by atoms with Crippen LogP contribution in [0.15, 0.2) is 82.6 Å². The number of hydrogen-bond donors (Lipinski definition) is 2. The lowest BCUT2D eigenvalue weighted by Crippen LogP contribution is -2.38. The molecule has 5 rings (SSSR count). The molecule has 0 aliphatic carbocycles. The van der Waals surface area contributed by atoms with Crippen LogP contribution < -0.4 is 14.8 Å². The average molecular weight is 545 g/mol. The standard InChI is InChI=1S/C26H20N6O6S/c27-13-16-5-7-18-21(9-10-37-23(18)11-16)31(39(35,36)25-4-2-1-3-22(25)32(33)34)17-6-8-20(28)19(12-17)26(29)24-14-30-15-38-24/h1-8,11-12,14-15,21,29H,9-10,28H2. The first-order chi connectivity index (χ1) is 18.7. The lowest BCUT2D eigenvalue weighted by atomic mass is 9.98. The summed E-state index contributed by atoms with van der Waals surface area (Å²) in [6, 6.07) is 15.3. The summed E-state index contributed by atoms with van der Waals surface area (Å²) in [6.45, 7) is 0.130. The predicted octanol–water partition coefficient (Wildman–Crippen LogP) is 4.17. The van der Waals surface area contributed by atoms with E-state index in [0.29, 0.717) is 16.9 Å². The summed E-state index contributed by atoms with van der Waals surface area (Å²) in [7, 11) is -4.57. The molecule has 39 heavy (non-hydrogen) atoms. The molecule has 3 aromatic carbocycles. The Hall–Kier alpha value is -5.22. The summed E-state index contributed by atoms with van der Waals surface area (Å²) in [5.74, 6) is 0.450. The number of sulfonamides is 1. The molecule has 1 aliphatic heterocycles. The zero-order valence-electron chi connectivity index (χ0n) is 20.1. The SMILES string of the molecule is N#Cc1ccc2c(c1)OCCC2N(c1ccc(N)c(C(=N)c2cnco2)c1)S(=O)(=O)c1ccccc1[N+](=O)[O-]. The van der Waals surface area contributed by atoms with Crippen molar-refractivity contribution >= 4 is 32.8 Å². The number of fused-ring (bicyclic) bond motifs is 1. The van der Waals surface area contributed by atoms with Crippen LogP contribution >= 0.6 is 0 Å². The maximum Gasteiger partial charge on any atom is 0.289 e. The summed E-state index contributed by atoms with van der Waals surface area (Å²) < 4.78 is 40.6. The van der Waals surface area contributed by atoms with E-state index in [1.165, 1.54) is 48.7 Å². The first-order valence-electron chi connectivity index (χ1n) is 11.5. The average Bonchev–Trinajstić information content (AvgIpc) is 3.48. The number of nitrogens with one attached hydrogen (secondary N) is 1. The number of anilines is 2. The van der Waals surface area contributed by atoms with Crippen molar-refractivity contribution in [3.05, 3.63) is 106 Å². The molecule has 1 aromatic heterocycles. The van der Waals surface area contributed by atoms with Crippen molar-refractivity contribution in [2.24, 2.45) is 0 Å². The number of oxazole rings is 1. The molecule has 0 saturated heterocycles. The van der Waals surface area contributed by atoms with E-state index < -0.39 is 31.6 Å². The molecule has 3 N–H and O–H groups in total. The number of nitrogens with two attached hydrogens (primary N) is 1. The van der Waals surface area contributed by atoms with Crippen molar-refractivity contribution in [3.63, 3.8) is 0 Å². The van der Waals surface area contributed by atoms with Crippen LogP contribution in [-0.4, -0.2) is 30.6 Å². The van der Waals surface area contributed by atoms with Gasteiger partial charge in [0.2, 0.25) is 0 Å². The second-order valence-electron chi connectivity index (χ2n) is 8.56. The molecule has 4 aromatic rings. The monoisotopic (exact) mass is 544 g/mol. The predicted molar refractivity (Wildman–Crippen MR) is 140 cm³/mol. The molecule has 0 radical (unpaired) electrons. The van der Waals surface area contributed by atoms with E-state index in [4.69, 9.17) is 20.3 Å². The molecular weight excluding hydrogens is 524 g/mol. The van der Waals surface area contributed by atoms with E-state index in [2.05, 4.69) is 4.98 Å². The van der Waals surface area contributed by atoms with Crippen LogP contribution in [-0.2, 0) is 10.0 Å². The van der Waals surface area contributed by atoms with E-state index in [1.54, 1.807) is 12.1 Å². The van der Waals surface area contributed by atoms with Crippen molar-refractivity contribution in [2.45, 2.75) is 17.4 Å². The second kappa shape index (κ2) is 9.92. The van der Waals surface area contributed by atoms with Gasteiger partial charge in [-0.1, -0.05) is 18.2 Å². The largest absolute Gasteiger partial charge is 0.493 e. The number of para-hydroxylation sites is 1. The van der Waals surface area contributed by atoms with Gasteiger partial charge in [-0.15, -0.1) is 0 Å². The number of rotatable bonds is 7. The number of nitro groups is 1. The highest BCUT2D eigenvalue weighted by Gasteiger charge is 2.39. The van der Waals surface area contributed by atoms with Crippen molar-refractivity contribution in [1.82, 2.24) is 4.98 Å². The summed E-state index contributed by atoms with van der Waals surface area (Å²) >= 11 is 0. The Morgan fingerprint density at radius 2 is 2.00 bits per heavy atom. The third-order valence-corrected chi connectivity index (χ3v) is 8.16. The van der Waals surface area contributed by atoms with Crippen LogP contribution in [0.1, 0.15) is 34.9 Å². The molecule has 2 heterocycles. The number of benzene rings is 3. The number of hydrogen-bond acceptors (Lipinski definition) is 10. The van der Waals surface area contributed by atoms with Crippen LogP contribution in [0.5, 0.6) is 5.75 Å². The molecular formula is C26H20N6O6S. The maximum atomic E-state index is 14.3. The van der Waals surface area contributed by atoms with Gasteiger partial charge < -0.3 is 14.9 Å². The number of nitrogen functional groups attached to an aromatic ring is 1. The van der Waals surface area contributed by atoms with Gasteiger partial charge in [0.25, 0.3) is 15.7 Å². The van der Waals surface area contributed by atoms with Crippen LogP contribution in [0, 0.1) is 26.9 Å². The zero-order chi connectivity index (χ0) is 27.7. The van der Waals surface area contributed by atoms with Gasteiger partial charge in [0.05, 0.1) is 41.1 Å². The quantitative estimate of drug-likeness (QED) is 0.149. The zero-order valence-corrected chi connectivity index (χ0v) is 21.0. The van der Waals surface area contributed by atoms with Crippen LogP contribution in [0.25, 0.3) is 0 Å². The van der Waals surface area contributed by atoms with Crippen LogP contribution in [0.3, 0.4) is 0 Å². The van der Waals surface area contributed by atoms with E-state index in [1.807, 2.05) is 6.07 Å². The molecule has 13 heteroatoms. The number of ether oxygens (including phenoxy) is 1. The fourth-order valence-electron chi connectivity index (χ4n) is 4.47. The molecule has 0 spiro atoms. The summed E-state index contributed by atoms with van der Waals surface area (Å²) in [5.41, 5.74) is 6.74. The molecule has 196 valence electrons. The highest BCUT2D eigenvalue weighted by Crippen LogP contribution is 2.43. The Morgan fingerprint density at radius 3 is 2.72 bits per heavy atom. The molecule has 0 fully saturated rings. The van der Waals surface area contributed by atoms with Gasteiger partial charge in [0, 0.05) is 29.3 Å². The minimum atomic E-state index is -4.57. The highest BCUT2D eigenvalue weighted by atomic mass is 32.2. The third-order valence-electron chi connectivity index (χ3n) is 6.27. The Kier molecular flexibility index (Phi) is 6.47. The summed E-state index contributed by atoms with van der Waals surface area (Å²) in [4.78, 5) is 14.4. The third kappa shape index (κ3) is 4.53. The second-order valence-corrected chi connectivity index (χ2v) is 10.3. The van der Waals surface area contributed by atoms with Crippen LogP contribution in [0.2, 0.25) is 0 Å². The van der Waals surface area contributed by atoms with Crippen molar-refractivity contribution in [1.29, 1.82) is 10.7 Å². The maximum absolute atomic E-state index is 14.3. The normalized spacial score (nSPS) is 14.5. The van der Waals surface area contributed by atoms with Gasteiger partial charge in [-0.25, -0.2) is 13.4 Å². The number of nitrogens with zero attached hydrogens (tertiary/aromatic N) is 4. The first kappa shape index (κ1) is 25.4. The number of nitriles is 1. The molecule has 0 bridgehead atoms. The van der Waals surface area contributed by atoms with Crippen LogP contribution in [0.4, 0.5) is 17.1 Å². The first-order valence-corrected chi connectivity index (χ1v) is 13.0. The Bertz CT molecular complexity index is 1750. The Balaban J connectivity index is 1.74. The topological polar surface area (TPSA) is 189 Å². The fraction of sp³-hybridized carbons (Fsp3) is 0.115. The van der Waals surface area contributed by atoms with Gasteiger partial charge >= 0.3 is 0 Å². The molecule has 1 unspecified atom stereocenters. The molecule has 0 saturated carbocycles. The highest BCUT2D eigenvalue weighted by molar-refractivity contribution is 7.93. The van der Waals surface area contributed by atoms with Gasteiger partial charge in [0.1, 0.15) is 11.5 Å². The Morgan fingerprint density at radius 1 is 1.21 bits per heavy atom. The number of nitro benzene ring substituents is 1. The van der Waals surface area contributed by atoms with Gasteiger partial charge in [-0.3, -0.25) is 19.8 Å². The van der Waals surface area contributed by atoms with E-state index in [9.17, 15) is 23.8 Å². The molecule has 1 atom stereocenters. The minimum absolute atomic E-state index is 0.115. The van der Waals surface area contributed by atoms with E-state index in [0.717, 1.165) is 16.8 Å². The fourth-order valence-corrected chi connectivity index (χ4v) is 6.29. The van der Waals surface area contributed by atoms with Crippen molar-refractivity contribution < 1.29 is 22.5 Å². The lowest BCUT2D eigenvalue weighted by molar-refractivity contribution is -0.387. The van der Waals surface area contributed by atoms with E-state index in [-0.39, 0.29) is 41.4 Å². The molecule has 12 nitrogen and oxygen atoms in total. The van der Waals surface area contributed by atoms with Gasteiger partial charge in [-0.05, 0) is 36.4 Å². The van der Waals surface area contributed by atoms with E-state index >= 15 is 0 Å². The minimum Gasteiger partial charge on any atom is -0.493 e. The van der Waals surface area contributed by atoms with Crippen molar-refractivity contribution in [2.75, 3.05) is 16.6 Å².